The van der Waals surface area contributed by atoms with Crippen molar-refractivity contribution in [2.24, 2.45) is 5.16 Å². The molecule has 0 bridgehead atoms. The first-order valence-electron chi connectivity index (χ1n) is 9.40. The Morgan fingerprint density at radius 2 is 1.63 bits per heavy atom. The standard InChI is InChI=1S/C22H28Cl2N2O/c1-26(2)16-7-8-17-27-25-22(19-12-4-6-14-21(19)24)15-9-11-18-10-3-5-13-20(18)23/h3-6,10,12-14H,7-9,11,15-17H2,1-2H3. The zero-order chi connectivity index (χ0) is 19.5. The molecule has 0 unspecified atom stereocenters. The molecule has 0 aliphatic rings. The van der Waals surface area contributed by atoms with Crippen molar-refractivity contribution in [3.05, 3.63) is 69.7 Å². The lowest BCUT2D eigenvalue weighted by Gasteiger charge is -2.10. The average molecular weight is 407 g/mol. The van der Waals surface area contributed by atoms with Crippen LogP contribution in [0.25, 0.3) is 0 Å². The molecule has 146 valence electrons. The third kappa shape index (κ3) is 7.92. The number of unbranched alkanes of at least 4 members (excludes halogenated alkanes) is 1. The molecule has 0 atom stereocenters. The highest BCUT2D eigenvalue weighted by molar-refractivity contribution is 6.34. The summed E-state index contributed by atoms with van der Waals surface area (Å²) in [6.07, 6.45) is 4.68. The third-order valence-corrected chi connectivity index (χ3v) is 4.97. The minimum Gasteiger partial charge on any atom is -0.396 e. The Morgan fingerprint density at radius 3 is 2.33 bits per heavy atom. The Morgan fingerprint density at radius 1 is 0.926 bits per heavy atom. The van der Waals surface area contributed by atoms with E-state index < -0.39 is 0 Å². The van der Waals surface area contributed by atoms with Crippen molar-refractivity contribution >= 4 is 28.9 Å². The molecule has 27 heavy (non-hydrogen) atoms. The second-order valence-electron chi connectivity index (χ2n) is 6.81. The molecule has 0 fully saturated rings. The van der Waals surface area contributed by atoms with E-state index in [1.807, 2.05) is 42.5 Å². The van der Waals surface area contributed by atoms with Gasteiger partial charge in [-0.15, -0.1) is 0 Å². The smallest absolute Gasteiger partial charge is 0.117 e. The summed E-state index contributed by atoms with van der Waals surface area (Å²) in [5.41, 5.74) is 2.98. The zero-order valence-electron chi connectivity index (χ0n) is 16.1. The maximum atomic E-state index is 6.37. The van der Waals surface area contributed by atoms with Crippen LogP contribution in [0.4, 0.5) is 0 Å². The molecule has 3 nitrogen and oxygen atoms in total. The normalized spacial score (nSPS) is 11.8. The van der Waals surface area contributed by atoms with Crippen LogP contribution in [0, 0.1) is 0 Å². The van der Waals surface area contributed by atoms with Crippen molar-refractivity contribution in [2.75, 3.05) is 27.2 Å². The van der Waals surface area contributed by atoms with E-state index in [9.17, 15) is 0 Å². The van der Waals surface area contributed by atoms with Gasteiger partial charge >= 0.3 is 0 Å². The largest absolute Gasteiger partial charge is 0.396 e. The molecule has 0 N–H and O–H groups in total. The summed E-state index contributed by atoms with van der Waals surface area (Å²) in [6, 6.07) is 15.7. The van der Waals surface area contributed by atoms with Crippen LogP contribution in [0.2, 0.25) is 10.0 Å². The first kappa shape index (κ1) is 21.7. The Balaban J connectivity index is 1.94. The van der Waals surface area contributed by atoms with Gasteiger partial charge in [-0.3, -0.25) is 0 Å². The van der Waals surface area contributed by atoms with Gasteiger partial charge in [-0.05, 0) is 70.4 Å². The van der Waals surface area contributed by atoms with Crippen molar-refractivity contribution in [3.8, 4) is 0 Å². The van der Waals surface area contributed by atoms with Crippen LogP contribution < -0.4 is 0 Å². The van der Waals surface area contributed by atoms with E-state index in [1.54, 1.807) is 0 Å². The molecule has 0 spiro atoms. The van der Waals surface area contributed by atoms with E-state index >= 15 is 0 Å². The first-order valence-corrected chi connectivity index (χ1v) is 10.2. The molecule has 0 amide bonds. The Labute approximate surface area is 172 Å². The number of oxime groups is 1. The second-order valence-corrected chi connectivity index (χ2v) is 7.62. The molecule has 5 heteroatoms. The maximum Gasteiger partial charge on any atom is 0.117 e. The molecule has 2 rings (SSSR count). The fourth-order valence-corrected chi connectivity index (χ4v) is 3.27. The SMILES string of the molecule is CN(C)CCCCON=C(CCCc1ccccc1Cl)c1ccccc1Cl. The minimum absolute atomic E-state index is 0.617. The summed E-state index contributed by atoms with van der Waals surface area (Å²) in [6.45, 7) is 1.68. The summed E-state index contributed by atoms with van der Waals surface area (Å²) < 4.78 is 0. The van der Waals surface area contributed by atoms with Gasteiger partial charge in [0.15, 0.2) is 0 Å². The molecule has 2 aromatic rings. The summed E-state index contributed by atoms with van der Waals surface area (Å²) in [4.78, 5) is 7.77. The van der Waals surface area contributed by atoms with Gasteiger partial charge in [-0.1, -0.05) is 64.8 Å². The predicted octanol–water partition coefficient (Wildman–Crippen LogP) is 6.08. The van der Waals surface area contributed by atoms with Crippen LogP contribution in [0.3, 0.4) is 0 Å². The number of rotatable bonds is 11. The van der Waals surface area contributed by atoms with E-state index in [-0.39, 0.29) is 0 Å². The quantitative estimate of drug-likeness (QED) is 0.256. The minimum atomic E-state index is 0.617. The van der Waals surface area contributed by atoms with Crippen molar-refractivity contribution < 1.29 is 4.84 Å². The van der Waals surface area contributed by atoms with Crippen molar-refractivity contribution in [1.82, 2.24) is 4.90 Å². The molecular formula is C22H28Cl2N2O. The number of halogens is 2. The molecule has 0 aliphatic heterocycles. The predicted molar refractivity (Wildman–Crippen MR) is 116 cm³/mol. The molecule has 0 saturated heterocycles. The van der Waals surface area contributed by atoms with Gasteiger partial charge in [0.25, 0.3) is 0 Å². The van der Waals surface area contributed by atoms with E-state index in [4.69, 9.17) is 28.0 Å². The van der Waals surface area contributed by atoms with Gasteiger partial charge in [0.2, 0.25) is 0 Å². The molecule has 0 saturated carbocycles. The van der Waals surface area contributed by atoms with Gasteiger partial charge in [-0.2, -0.15) is 0 Å². The Bertz CT molecular complexity index is 732. The maximum absolute atomic E-state index is 6.37. The molecule has 2 aromatic carbocycles. The second kappa shape index (κ2) is 12.0. The number of benzene rings is 2. The topological polar surface area (TPSA) is 24.8 Å². The van der Waals surface area contributed by atoms with Crippen LogP contribution >= 0.6 is 23.2 Å². The van der Waals surface area contributed by atoms with Gasteiger partial charge in [-0.25, -0.2) is 0 Å². The molecule has 0 aliphatic carbocycles. The highest BCUT2D eigenvalue weighted by Crippen LogP contribution is 2.21. The van der Waals surface area contributed by atoms with E-state index in [2.05, 4.69) is 30.2 Å². The average Bonchev–Trinajstić information content (AvgIpc) is 2.65. The summed E-state index contributed by atoms with van der Waals surface area (Å²) in [5.74, 6) is 0. The van der Waals surface area contributed by atoms with E-state index in [0.29, 0.717) is 11.6 Å². The van der Waals surface area contributed by atoms with Gasteiger partial charge in [0.1, 0.15) is 6.61 Å². The lowest BCUT2D eigenvalue weighted by Crippen LogP contribution is -2.13. The lowest BCUT2D eigenvalue weighted by molar-refractivity contribution is 0.137. The zero-order valence-corrected chi connectivity index (χ0v) is 17.6. The third-order valence-electron chi connectivity index (χ3n) is 4.27. The summed E-state index contributed by atoms with van der Waals surface area (Å²) in [5, 5.41) is 5.92. The van der Waals surface area contributed by atoms with E-state index in [1.165, 1.54) is 0 Å². The van der Waals surface area contributed by atoms with Crippen molar-refractivity contribution in [2.45, 2.75) is 32.1 Å². The number of hydrogen-bond acceptors (Lipinski definition) is 3. The molecular weight excluding hydrogens is 379 g/mol. The highest BCUT2D eigenvalue weighted by atomic mass is 35.5. The lowest BCUT2D eigenvalue weighted by atomic mass is 10.0. The first-order chi connectivity index (χ1) is 13.1. The molecule has 0 aromatic heterocycles. The van der Waals surface area contributed by atoms with Crippen LogP contribution in [0.15, 0.2) is 53.7 Å². The van der Waals surface area contributed by atoms with E-state index in [0.717, 1.165) is 60.5 Å². The molecule has 0 radical (unpaired) electrons. The van der Waals surface area contributed by atoms with Crippen LogP contribution in [-0.4, -0.2) is 37.9 Å². The Kier molecular flexibility index (Phi) is 9.68. The molecule has 0 heterocycles. The van der Waals surface area contributed by atoms with Crippen LogP contribution in [0.5, 0.6) is 0 Å². The monoisotopic (exact) mass is 406 g/mol. The van der Waals surface area contributed by atoms with Crippen LogP contribution in [-0.2, 0) is 11.3 Å². The summed E-state index contributed by atoms with van der Waals surface area (Å²) in [7, 11) is 4.15. The van der Waals surface area contributed by atoms with Crippen LogP contribution in [0.1, 0.15) is 36.8 Å². The number of hydrogen-bond donors (Lipinski definition) is 0. The fourth-order valence-electron chi connectivity index (χ4n) is 2.79. The fraction of sp³-hybridized carbons (Fsp3) is 0.409. The number of aryl methyl sites for hydroxylation is 1. The Hall–Kier alpha value is -1.55. The summed E-state index contributed by atoms with van der Waals surface area (Å²) >= 11 is 12.6. The highest BCUT2D eigenvalue weighted by Gasteiger charge is 2.10. The van der Waals surface area contributed by atoms with Crippen molar-refractivity contribution in [1.29, 1.82) is 0 Å². The van der Waals surface area contributed by atoms with Gasteiger partial charge < -0.3 is 9.74 Å². The van der Waals surface area contributed by atoms with Gasteiger partial charge in [0.05, 0.1) is 5.71 Å². The number of nitrogens with zero attached hydrogens (tertiary/aromatic N) is 2. The van der Waals surface area contributed by atoms with Gasteiger partial charge in [0, 0.05) is 15.6 Å². The van der Waals surface area contributed by atoms with Crippen molar-refractivity contribution in [3.63, 3.8) is 0 Å².